The van der Waals surface area contributed by atoms with Crippen molar-refractivity contribution in [2.75, 3.05) is 67.9 Å². The molecule has 2 aliphatic rings. The molecule has 10 heteroatoms. The highest BCUT2D eigenvalue weighted by Gasteiger charge is 2.21. The summed E-state index contributed by atoms with van der Waals surface area (Å²) in [6.45, 7) is 8.52. The van der Waals surface area contributed by atoms with Gasteiger partial charge in [0.05, 0.1) is 17.1 Å². The van der Waals surface area contributed by atoms with E-state index in [0.29, 0.717) is 50.6 Å². The number of amides is 2. The van der Waals surface area contributed by atoms with Crippen LogP contribution in [0.15, 0.2) is 36.4 Å². The Bertz CT molecular complexity index is 938. The van der Waals surface area contributed by atoms with Crippen LogP contribution in [0.25, 0.3) is 0 Å². The smallest absolute Gasteiger partial charge is 0.219 e. The van der Waals surface area contributed by atoms with E-state index in [-0.39, 0.29) is 23.4 Å². The summed E-state index contributed by atoms with van der Waals surface area (Å²) in [6.07, 6.45) is 0. The molecule has 0 aromatic heterocycles. The van der Waals surface area contributed by atoms with Crippen molar-refractivity contribution in [1.82, 2.24) is 9.80 Å². The number of carbonyl (C=O) groups is 2. The van der Waals surface area contributed by atoms with E-state index >= 15 is 0 Å². The molecule has 0 aliphatic carbocycles. The number of nitrogens with zero attached hydrogens (tertiary/aromatic N) is 4. The molecule has 0 atom stereocenters. The summed E-state index contributed by atoms with van der Waals surface area (Å²) in [4.78, 5) is 29.9. The number of benzene rings is 2. The third-order valence-electron chi connectivity index (χ3n) is 6.06. The summed E-state index contributed by atoms with van der Waals surface area (Å²) < 4.78 is 25.8. The molecule has 184 valence electrons. The quantitative estimate of drug-likeness (QED) is 0.648. The molecule has 4 rings (SSSR count). The lowest BCUT2D eigenvalue weighted by Gasteiger charge is -2.36. The minimum Gasteiger partial charge on any atom is -0.506 e. The molecule has 2 aromatic rings. The van der Waals surface area contributed by atoms with E-state index in [4.69, 9.17) is 5.73 Å². The molecule has 2 aromatic carbocycles. The minimum atomic E-state index is -0.450. The first kappa shape index (κ1) is 25.1. The van der Waals surface area contributed by atoms with Gasteiger partial charge in [0, 0.05) is 72.3 Å². The van der Waals surface area contributed by atoms with Gasteiger partial charge in [0.1, 0.15) is 17.4 Å². The van der Waals surface area contributed by atoms with E-state index < -0.39 is 5.82 Å². The van der Waals surface area contributed by atoms with Crippen LogP contribution in [0, 0.1) is 11.6 Å². The van der Waals surface area contributed by atoms with Crippen LogP contribution in [0.5, 0.6) is 5.75 Å². The van der Waals surface area contributed by atoms with Gasteiger partial charge in [0.25, 0.3) is 0 Å². The number of piperazine rings is 2. The molecule has 2 heterocycles. The molecule has 2 saturated heterocycles. The first-order valence-electron chi connectivity index (χ1n) is 11.2. The summed E-state index contributed by atoms with van der Waals surface area (Å²) in [5.41, 5.74) is 7.69. The number of aromatic hydroxyl groups is 1. The monoisotopic (exact) mass is 475 g/mol. The lowest BCUT2D eigenvalue weighted by atomic mass is 10.2. The molecule has 2 amide bonds. The van der Waals surface area contributed by atoms with Gasteiger partial charge in [-0.1, -0.05) is 0 Å². The fourth-order valence-corrected chi connectivity index (χ4v) is 4.10. The predicted molar refractivity (Wildman–Crippen MR) is 128 cm³/mol. The van der Waals surface area contributed by atoms with Crippen molar-refractivity contribution in [3.8, 4) is 5.75 Å². The Morgan fingerprint density at radius 2 is 1.15 bits per heavy atom. The third-order valence-corrected chi connectivity index (χ3v) is 6.06. The number of nitrogens with two attached hydrogens (primary N) is 1. The van der Waals surface area contributed by atoms with E-state index in [1.54, 1.807) is 35.8 Å². The van der Waals surface area contributed by atoms with Crippen molar-refractivity contribution in [3.05, 3.63) is 48.0 Å². The minimum absolute atomic E-state index is 0.0544. The summed E-state index contributed by atoms with van der Waals surface area (Å²) in [5.74, 6) is -0.673. The number of hydrogen-bond acceptors (Lipinski definition) is 6. The highest BCUT2D eigenvalue weighted by atomic mass is 19.1. The number of carbonyl (C=O) groups excluding carboxylic acids is 2. The van der Waals surface area contributed by atoms with Gasteiger partial charge in [0.15, 0.2) is 0 Å². The molecular weight excluding hydrogens is 444 g/mol. The Labute approximate surface area is 198 Å². The van der Waals surface area contributed by atoms with Crippen molar-refractivity contribution < 1.29 is 23.5 Å². The van der Waals surface area contributed by atoms with Crippen LogP contribution in [-0.2, 0) is 9.59 Å². The summed E-state index contributed by atoms with van der Waals surface area (Å²) >= 11 is 0. The Morgan fingerprint density at radius 3 is 1.56 bits per heavy atom. The van der Waals surface area contributed by atoms with Gasteiger partial charge < -0.3 is 30.4 Å². The molecule has 0 bridgehead atoms. The van der Waals surface area contributed by atoms with Gasteiger partial charge >= 0.3 is 0 Å². The van der Waals surface area contributed by atoms with Crippen molar-refractivity contribution >= 4 is 28.9 Å². The van der Waals surface area contributed by atoms with Crippen LogP contribution in [0.4, 0.5) is 25.8 Å². The Hall–Kier alpha value is -3.56. The van der Waals surface area contributed by atoms with Gasteiger partial charge in [-0.15, -0.1) is 0 Å². The second-order valence-corrected chi connectivity index (χ2v) is 8.32. The van der Waals surface area contributed by atoms with Crippen molar-refractivity contribution in [2.24, 2.45) is 0 Å². The number of hydrogen-bond donors (Lipinski definition) is 2. The summed E-state index contributed by atoms with van der Waals surface area (Å²) in [6, 6.07) is 8.41. The summed E-state index contributed by atoms with van der Waals surface area (Å²) in [7, 11) is 0. The second kappa shape index (κ2) is 11.0. The number of rotatable bonds is 2. The maximum Gasteiger partial charge on any atom is 0.219 e. The van der Waals surface area contributed by atoms with Gasteiger partial charge in [0.2, 0.25) is 11.8 Å². The van der Waals surface area contributed by atoms with Gasteiger partial charge in [-0.3, -0.25) is 9.59 Å². The maximum atomic E-state index is 12.9. The van der Waals surface area contributed by atoms with Crippen LogP contribution < -0.4 is 15.5 Å². The van der Waals surface area contributed by atoms with Crippen LogP contribution >= 0.6 is 0 Å². The lowest BCUT2D eigenvalue weighted by Crippen LogP contribution is -2.48. The zero-order valence-corrected chi connectivity index (χ0v) is 19.5. The van der Waals surface area contributed by atoms with Crippen LogP contribution in [-0.4, -0.2) is 79.1 Å². The number of phenolic OH excluding ortho intramolecular Hbond substituents is 1. The number of halogens is 2. The normalized spacial score (nSPS) is 16.1. The number of anilines is 3. The molecule has 0 spiro atoms. The zero-order chi connectivity index (χ0) is 24.8. The highest BCUT2D eigenvalue weighted by molar-refractivity contribution is 5.74. The molecule has 2 aliphatic heterocycles. The van der Waals surface area contributed by atoms with Gasteiger partial charge in [-0.05, 0) is 30.3 Å². The number of phenols is 1. The van der Waals surface area contributed by atoms with Gasteiger partial charge in [-0.25, -0.2) is 8.78 Å². The third kappa shape index (κ3) is 6.27. The van der Waals surface area contributed by atoms with Crippen molar-refractivity contribution in [1.29, 1.82) is 0 Å². The fraction of sp³-hybridized carbons (Fsp3) is 0.417. The molecular formula is C24H31F2N5O3. The van der Waals surface area contributed by atoms with Gasteiger partial charge in [-0.2, -0.15) is 0 Å². The molecule has 2 fully saturated rings. The van der Waals surface area contributed by atoms with Crippen LogP contribution in [0.3, 0.4) is 0 Å². The van der Waals surface area contributed by atoms with E-state index in [1.165, 1.54) is 18.2 Å². The zero-order valence-electron chi connectivity index (χ0n) is 19.5. The summed E-state index contributed by atoms with van der Waals surface area (Å²) in [5, 5.41) is 9.66. The second-order valence-electron chi connectivity index (χ2n) is 8.32. The lowest BCUT2D eigenvalue weighted by molar-refractivity contribution is -0.129. The van der Waals surface area contributed by atoms with Crippen LogP contribution in [0.2, 0.25) is 0 Å². The topological polar surface area (TPSA) is 93.4 Å². The molecule has 0 saturated carbocycles. The van der Waals surface area contributed by atoms with Crippen molar-refractivity contribution in [3.63, 3.8) is 0 Å². The average Bonchev–Trinajstić information content (AvgIpc) is 2.80. The number of nitrogen functional groups attached to an aromatic ring is 1. The standard InChI is InChI=1S/C12H16FN3O.C12H15FN2O2/c1-9(17)15-4-6-16(7-5-15)12-3-2-10(13)8-11(12)14;1-9(16)14-4-6-15(7-5-14)11-3-2-10(13)8-12(11)17/h2-3,8H,4-7,14H2,1H3;2-3,8,17H,4-7H2,1H3. The molecule has 3 N–H and O–H groups in total. The molecule has 8 nitrogen and oxygen atoms in total. The van der Waals surface area contributed by atoms with E-state index in [9.17, 15) is 23.5 Å². The average molecular weight is 476 g/mol. The highest BCUT2D eigenvalue weighted by Crippen LogP contribution is 2.28. The Morgan fingerprint density at radius 1 is 0.735 bits per heavy atom. The van der Waals surface area contributed by atoms with E-state index in [2.05, 4.69) is 4.90 Å². The maximum absolute atomic E-state index is 12.9. The predicted octanol–water partition coefficient (Wildman–Crippen LogP) is 2.28. The Kier molecular flexibility index (Phi) is 8.14. The first-order chi connectivity index (χ1) is 16.2. The van der Waals surface area contributed by atoms with Crippen molar-refractivity contribution in [2.45, 2.75) is 13.8 Å². The fourth-order valence-electron chi connectivity index (χ4n) is 4.10. The largest absolute Gasteiger partial charge is 0.506 e. The van der Waals surface area contributed by atoms with Crippen LogP contribution in [0.1, 0.15) is 13.8 Å². The van der Waals surface area contributed by atoms with E-state index in [0.717, 1.165) is 24.8 Å². The molecule has 0 radical (unpaired) electrons. The van der Waals surface area contributed by atoms with E-state index in [1.807, 2.05) is 4.90 Å². The Balaban J connectivity index is 0.000000191. The molecule has 34 heavy (non-hydrogen) atoms. The first-order valence-corrected chi connectivity index (χ1v) is 11.2. The molecule has 0 unspecified atom stereocenters. The SMILES string of the molecule is CC(=O)N1CCN(c2ccc(F)cc2N)CC1.CC(=O)N1CCN(c2ccc(F)cc2O)CC1.